The molecule has 0 amide bonds. The molecule has 1 aliphatic rings. The SMILES string of the molecule is CC1CN(C)CCO1.COc1cccc(C(=O)O)c1. The lowest BCUT2D eigenvalue weighted by Crippen LogP contribution is -2.38. The van der Waals surface area contributed by atoms with Gasteiger partial charge >= 0.3 is 5.97 Å². The van der Waals surface area contributed by atoms with E-state index in [1.807, 2.05) is 0 Å². The van der Waals surface area contributed by atoms with Crippen molar-refractivity contribution in [3.63, 3.8) is 0 Å². The Morgan fingerprint density at radius 1 is 1.53 bits per heavy atom. The van der Waals surface area contributed by atoms with Gasteiger partial charge in [-0.2, -0.15) is 0 Å². The Morgan fingerprint density at radius 2 is 2.26 bits per heavy atom. The minimum atomic E-state index is -0.941. The highest BCUT2D eigenvalue weighted by molar-refractivity contribution is 5.87. The van der Waals surface area contributed by atoms with Crippen molar-refractivity contribution in [2.75, 3.05) is 33.9 Å². The number of hydrogen-bond donors (Lipinski definition) is 1. The van der Waals surface area contributed by atoms with Crippen LogP contribution < -0.4 is 4.74 Å². The second-order valence-electron chi connectivity index (χ2n) is 4.48. The zero-order valence-electron chi connectivity index (χ0n) is 11.6. The maximum absolute atomic E-state index is 10.4. The van der Waals surface area contributed by atoms with Gasteiger partial charge in [-0.15, -0.1) is 0 Å². The fourth-order valence-corrected chi connectivity index (χ4v) is 1.75. The molecular weight excluding hydrogens is 246 g/mol. The summed E-state index contributed by atoms with van der Waals surface area (Å²) in [6.07, 6.45) is 0.439. The van der Waals surface area contributed by atoms with Gasteiger partial charge in [0.25, 0.3) is 0 Å². The molecule has 0 bridgehead atoms. The van der Waals surface area contributed by atoms with E-state index in [1.165, 1.54) is 19.2 Å². The third-order valence-corrected chi connectivity index (χ3v) is 2.76. The summed E-state index contributed by atoms with van der Waals surface area (Å²) in [6.45, 7) is 5.18. The molecule has 1 fully saturated rings. The Morgan fingerprint density at radius 3 is 2.74 bits per heavy atom. The number of rotatable bonds is 2. The lowest BCUT2D eigenvalue weighted by Gasteiger charge is -2.27. The second-order valence-corrected chi connectivity index (χ2v) is 4.48. The van der Waals surface area contributed by atoms with Crippen molar-refractivity contribution < 1.29 is 19.4 Å². The van der Waals surface area contributed by atoms with Gasteiger partial charge < -0.3 is 19.5 Å². The first-order valence-corrected chi connectivity index (χ1v) is 6.20. The summed E-state index contributed by atoms with van der Waals surface area (Å²) >= 11 is 0. The molecule has 106 valence electrons. The summed E-state index contributed by atoms with van der Waals surface area (Å²) in [5.41, 5.74) is 0.240. The van der Waals surface area contributed by atoms with E-state index in [9.17, 15) is 4.79 Å². The van der Waals surface area contributed by atoms with Gasteiger partial charge in [0.2, 0.25) is 0 Å². The van der Waals surface area contributed by atoms with Crippen LogP contribution in [0.25, 0.3) is 0 Å². The maximum atomic E-state index is 10.4. The van der Waals surface area contributed by atoms with Crippen LogP contribution >= 0.6 is 0 Å². The lowest BCUT2D eigenvalue weighted by molar-refractivity contribution is -0.00861. The molecule has 0 aromatic heterocycles. The predicted molar refractivity (Wildman–Crippen MR) is 72.9 cm³/mol. The number of methoxy groups -OCH3 is 1. The summed E-state index contributed by atoms with van der Waals surface area (Å²) in [7, 11) is 3.62. The summed E-state index contributed by atoms with van der Waals surface area (Å²) in [5, 5.41) is 8.55. The van der Waals surface area contributed by atoms with Gasteiger partial charge in [0.1, 0.15) is 5.75 Å². The standard InChI is InChI=1S/C8H8O3.C6H13NO/c1-11-7-4-2-3-6(5-7)8(9)10;1-6-5-7(2)3-4-8-6/h2-5H,1H3,(H,9,10);6H,3-5H2,1-2H3. The molecule has 1 saturated heterocycles. The number of nitrogens with zero attached hydrogens (tertiary/aromatic N) is 1. The number of benzene rings is 1. The molecular formula is C14H21NO4. The zero-order valence-corrected chi connectivity index (χ0v) is 11.6. The molecule has 1 heterocycles. The number of aromatic carboxylic acids is 1. The predicted octanol–water partition coefficient (Wildman–Crippen LogP) is 1.73. The summed E-state index contributed by atoms with van der Waals surface area (Å²) in [6, 6.07) is 6.34. The fourth-order valence-electron chi connectivity index (χ4n) is 1.75. The Kier molecular flexibility index (Phi) is 6.32. The van der Waals surface area contributed by atoms with Crippen molar-refractivity contribution in [3.8, 4) is 5.75 Å². The van der Waals surface area contributed by atoms with Crippen molar-refractivity contribution >= 4 is 5.97 Å². The highest BCUT2D eigenvalue weighted by Gasteiger charge is 2.11. The van der Waals surface area contributed by atoms with E-state index >= 15 is 0 Å². The van der Waals surface area contributed by atoms with E-state index in [2.05, 4.69) is 18.9 Å². The number of carboxylic acid groups (broad SMARTS) is 1. The molecule has 1 atom stereocenters. The van der Waals surface area contributed by atoms with E-state index in [1.54, 1.807) is 12.1 Å². The van der Waals surface area contributed by atoms with E-state index in [4.69, 9.17) is 14.6 Å². The molecule has 2 rings (SSSR count). The van der Waals surface area contributed by atoms with Gasteiger partial charge in [-0.05, 0) is 32.2 Å². The van der Waals surface area contributed by atoms with Crippen LogP contribution in [-0.4, -0.2) is 55.9 Å². The van der Waals surface area contributed by atoms with Crippen molar-refractivity contribution in [3.05, 3.63) is 29.8 Å². The van der Waals surface area contributed by atoms with Gasteiger partial charge in [-0.3, -0.25) is 0 Å². The van der Waals surface area contributed by atoms with Gasteiger partial charge in [0.05, 0.1) is 25.4 Å². The molecule has 19 heavy (non-hydrogen) atoms. The molecule has 5 nitrogen and oxygen atoms in total. The molecule has 0 saturated carbocycles. The smallest absolute Gasteiger partial charge is 0.335 e. The normalized spacial score (nSPS) is 19.2. The molecule has 1 aromatic carbocycles. The Balaban J connectivity index is 0.000000200. The molecule has 1 unspecified atom stereocenters. The zero-order chi connectivity index (χ0) is 14.3. The largest absolute Gasteiger partial charge is 0.497 e. The number of morpholine rings is 1. The van der Waals surface area contributed by atoms with Crippen LogP contribution in [0.1, 0.15) is 17.3 Å². The topological polar surface area (TPSA) is 59.0 Å². The van der Waals surface area contributed by atoms with E-state index in [0.29, 0.717) is 11.9 Å². The van der Waals surface area contributed by atoms with E-state index in [-0.39, 0.29) is 5.56 Å². The molecule has 0 spiro atoms. The van der Waals surface area contributed by atoms with E-state index < -0.39 is 5.97 Å². The second kappa shape index (κ2) is 7.76. The summed E-state index contributed by atoms with van der Waals surface area (Å²) < 4.78 is 10.1. The van der Waals surface area contributed by atoms with Gasteiger partial charge in [-0.25, -0.2) is 4.79 Å². The quantitative estimate of drug-likeness (QED) is 0.884. The average Bonchev–Trinajstić information content (AvgIpc) is 2.39. The Labute approximate surface area is 113 Å². The third-order valence-electron chi connectivity index (χ3n) is 2.76. The molecule has 1 aromatic rings. The number of ether oxygens (including phenoxy) is 2. The minimum absolute atomic E-state index is 0.240. The summed E-state index contributed by atoms with van der Waals surface area (Å²) in [4.78, 5) is 12.7. The molecule has 0 radical (unpaired) electrons. The number of likely N-dealkylation sites (N-methyl/N-ethyl adjacent to an activating group) is 1. The van der Waals surface area contributed by atoms with Crippen LogP contribution in [0.5, 0.6) is 5.75 Å². The first-order chi connectivity index (χ1) is 9.02. The molecule has 0 aliphatic carbocycles. The van der Waals surface area contributed by atoms with Crippen LogP contribution in [0.2, 0.25) is 0 Å². The number of hydrogen-bond acceptors (Lipinski definition) is 4. The fraction of sp³-hybridized carbons (Fsp3) is 0.500. The van der Waals surface area contributed by atoms with Crippen molar-refractivity contribution in [2.45, 2.75) is 13.0 Å². The van der Waals surface area contributed by atoms with Crippen LogP contribution in [0.15, 0.2) is 24.3 Å². The van der Waals surface area contributed by atoms with Crippen molar-refractivity contribution in [1.82, 2.24) is 4.90 Å². The molecule has 1 N–H and O–H groups in total. The molecule has 1 aliphatic heterocycles. The first-order valence-electron chi connectivity index (χ1n) is 6.20. The molecule has 5 heteroatoms. The van der Waals surface area contributed by atoms with Crippen LogP contribution in [0, 0.1) is 0 Å². The summed E-state index contributed by atoms with van der Waals surface area (Å²) in [5.74, 6) is -0.381. The van der Waals surface area contributed by atoms with Crippen molar-refractivity contribution in [2.24, 2.45) is 0 Å². The minimum Gasteiger partial charge on any atom is -0.497 e. The van der Waals surface area contributed by atoms with E-state index in [0.717, 1.165) is 19.7 Å². The first kappa shape index (κ1) is 15.5. The third kappa shape index (κ3) is 5.72. The van der Waals surface area contributed by atoms with Crippen LogP contribution in [0.4, 0.5) is 0 Å². The van der Waals surface area contributed by atoms with Crippen LogP contribution in [0.3, 0.4) is 0 Å². The maximum Gasteiger partial charge on any atom is 0.335 e. The van der Waals surface area contributed by atoms with Crippen molar-refractivity contribution in [1.29, 1.82) is 0 Å². The highest BCUT2D eigenvalue weighted by Crippen LogP contribution is 2.11. The Hall–Kier alpha value is -1.59. The Bertz CT molecular complexity index is 400. The van der Waals surface area contributed by atoms with Gasteiger partial charge in [0.15, 0.2) is 0 Å². The lowest BCUT2D eigenvalue weighted by atomic mass is 10.2. The van der Waals surface area contributed by atoms with Gasteiger partial charge in [-0.1, -0.05) is 6.07 Å². The van der Waals surface area contributed by atoms with Gasteiger partial charge in [0, 0.05) is 13.1 Å². The highest BCUT2D eigenvalue weighted by atomic mass is 16.5. The number of carboxylic acids is 1. The number of carbonyl (C=O) groups is 1. The van der Waals surface area contributed by atoms with Crippen LogP contribution in [-0.2, 0) is 4.74 Å². The average molecular weight is 267 g/mol. The monoisotopic (exact) mass is 267 g/mol.